The van der Waals surface area contributed by atoms with Gasteiger partial charge in [-0.2, -0.15) is 0 Å². The van der Waals surface area contributed by atoms with Gasteiger partial charge in [-0.15, -0.1) is 0 Å². The summed E-state index contributed by atoms with van der Waals surface area (Å²) in [5.41, 5.74) is 3.93. The average Bonchev–Trinajstić information content (AvgIpc) is 3.48. The van der Waals surface area contributed by atoms with Gasteiger partial charge in [-0.05, 0) is 66.4 Å². The van der Waals surface area contributed by atoms with Crippen LogP contribution in [0.4, 0.5) is 0 Å². The summed E-state index contributed by atoms with van der Waals surface area (Å²) < 4.78 is 38.8. The minimum Gasteiger partial charge on any atom is -0.440 e. The van der Waals surface area contributed by atoms with Crippen LogP contribution >= 0.6 is 0 Å². The molecule has 0 atom stereocenters. The Morgan fingerprint density at radius 2 is 1.49 bits per heavy atom. The van der Waals surface area contributed by atoms with Gasteiger partial charge in [0.1, 0.15) is 11.0 Å². The van der Waals surface area contributed by atoms with Crippen molar-refractivity contribution in [2.45, 2.75) is 62.2 Å². The van der Waals surface area contributed by atoms with Crippen molar-refractivity contribution in [1.82, 2.24) is 9.97 Å². The van der Waals surface area contributed by atoms with E-state index < -0.39 is 9.84 Å². The molecule has 0 aliphatic rings. The van der Waals surface area contributed by atoms with Crippen LogP contribution < -0.4 is 0 Å². The maximum Gasteiger partial charge on any atom is 0.227 e. The Bertz CT molecular complexity index is 1660. The van der Waals surface area contributed by atoms with Crippen molar-refractivity contribution in [2.24, 2.45) is 0 Å². The highest BCUT2D eigenvalue weighted by molar-refractivity contribution is 7.91. The van der Waals surface area contributed by atoms with E-state index in [-0.39, 0.29) is 15.2 Å². The van der Waals surface area contributed by atoms with Gasteiger partial charge in [-0.1, -0.05) is 46.8 Å². The molecule has 0 spiro atoms. The molecule has 0 bridgehead atoms. The van der Waals surface area contributed by atoms with Gasteiger partial charge in [-0.3, -0.25) is 0 Å². The highest BCUT2D eigenvalue weighted by Gasteiger charge is 2.26. The fraction of sp³-hybridized carbons (Fsp3) is 0.286. The molecule has 5 aromatic rings. The number of aromatic nitrogens is 2. The molecule has 0 radical (unpaired) electrons. The second kappa shape index (κ2) is 8.34. The number of hydrogen-bond acceptors (Lipinski definition) is 6. The molecule has 0 fully saturated rings. The fourth-order valence-electron chi connectivity index (χ4n) is 3.88. The molecule has 0 N–H and O–H groups in total. The Morgan fingerprint density at radius 1 is 0.857 bits per heavy atom. The summed E-state index contributed by atoms with van der Waals surface area (Å²) in [4.78, 5) is 9.46. The van der Waals surface area contributed by atoms with Crippen LogP contribution in [0.5, 0.6) is 0 Å². The van der Waals surface area contributed by atoms with Gasteiger partial charge in [0.2, 0.25) is 21.6 Å². The normalized spacial score (nSPS) is 12.7. The first kappa shape index (κ1) is 23.3. The quantitative estimate of drug-likeness (QED) is 0.250. The van der Waals surface area contributed by atoms with E-state index >= 15 is 0 Å². The maximum atomic E-state index is 13.5. The predicted molar refractivity (Wildman–Crippen MR) is 136 cm³/mol. The Kier molecular flexibility index (Phi) is 5.55. The first-order chi connectivity index (χ1) is 16.6. The molecule has 6 nitrogen and oxygen atoms in total. The van der Waals surface area contributed by atoms with Crippen molar-refractivity contribution in [2.75, 3.05) is 0 Å². The van der Waals surface area contributed by atoms with E-state index in [2.05, 4.69) is 50.7 Å². The van der Waals surface area contributed by atoms with Gasteiger partial charge < -0.3 is 8.83 Å². The molecule has 3 aromatic carbocycles. The number of sulfone groups is 1. The Hall–Kier alpha value is -3.45. The number of nitrogens with zero attached hydrogens (tertiary/aromatic N) is 2. The molecule has 0 saturated heterocycles. The second-order valence-corrected chi connectivity index (χ2v) is 11.8. The van der Waals surface area contributed by atoms with Crippen molar-refractivity contribution in [3.8, 4) is 11.5 Å². The minimum atomic E-state index is -3.79. The standard InChI is InChI=1S/C28H28N2O4S/c1-6-28(4,5)27-30-23-16-21(11-13-25(23)34-27)35(31,32)20-10-12-24-22(15-20)29-26(33-24)19-9-7-8-18(14-19)17(2)3/h7-17H,6H2,1-5H3. The van der Waals surface area contributed by atoms with E-state index in [1.807, 2.05) is 18.2 Å². The summed E-state index contributed by atoms with van der Waals surface area (Å²) in [6.45, 7) is 10.4. The summed E-state index contributed by atoms with van der Waals surface area (Å²) in [5.74, 6) is 1.44. The Labute approximate surface area is 204 Å². The van der Waals surface area contributed by atoms with Gasteiger partial charge in [0.25, 0.3) is 0 Å². The molecule has 0 aliphatic heterocycles. The second-order valence-electron chi connectivity index (χ2n) is 9.82. The van der Waals surface area contributed by atoms with Gasteiger partial charge in [0.05, 0.1) is 9.79 Å². The van der Waals surface area contributed by atoms with Crippen molar-refractivity contribution in [3.63, 3.8) is 0 Å². The monoisotopic (exact) mass is 488 g/mol. The molecule has 0 aliphatic carbocycles. The van der Waals surface area contributed by atoms with Crippen LogP contribution in [0.25, 0.3) is 33.7 Å². The molecule has 2 aromatic heterocycles. The molecule has 2 heterocycles. The lowest BCUT2D eigenvalue weighted by atomic mass is 9.90. The maximum absolute atomic E-state index is 13.5. The van der Waals surface area contributed by atoms with Crippen molar-refractivity contribution >= 4 is 32.0 Å². The van der Waals surface area contributed by atoms with Crippen molar-refractivity contribution in [3.05, 3.63) is 72.1 Å². The lowest BCUT2D eigenvalue weighted by Crippen LogP contribution is -2.15. The largest absolute Gasteiger partial charge is 0.440 e. The third-order valence-corrected chi connectivity index (χ3v) is 8.35. The zero-order chi connectivity index (χ0) is 25.0. The van der Waals surface area contributed by atoms with E-state index in [4.69, 9.17) is 8.83 Å². The van der Waals surface area contributed by atoms with Gasteiger partial charge in [-0.25, -0.2) is 18.4 Å². The van der Waals surface area contributed by atoms with Crippen LogP contribution in [-0.4, -0.2) is 18.4 Å². The molecule has 180 valence electrons. The van der Waals surface area contributed by atoms with Crippen molar-refractivity contribution < 1.29 is 17.3 Å². The molecule has 0 unspecified atom stereocenters. The zero-order valence-corrected chi connectivity index (χ0v) is 21.3. The first-order valence-corrected chi connectivity index (χ1v) is 13.2. The third kappa shape index (κ3) is 4.14. The summed E-state index contributed by atoms with van der Waals surface area (Å²) in [7, 11) is -3.79. The molecule has 0 saturated carbocycles. The number of benzene rings is 3. The number of rotatable bonds is 6. The van der Waals surface area contributed by atoms with Crippen molar-refractivity contribution in [1.29, 1.82) is 0 Å². The average molecular weight is 489 g/mol. The number of fused-ring (bicyclic) bond motifs is 2. The fourth-order valence-corrected chi connectivity index (χ4v) is 5.18. The van der Waals surface area contributed by atoms with E-state index in [0.717, 1.165) is 12.0 Å². The highest BCUT2D eigenvalue weighted by atomic mass is 32.2. The third-order valence-electron chi connectivity index (χ3n) is 6.60. The number of hydrogen-bond donors (Lipinski definition) is 0. The highest BCUT2D eigenvalue weighted by Crippen LogP contribution is 2.33. The molecule has 0 amide bonds. The van der Waals surface area contributed by atoms with Crippen LogP contribution in [0.1, 0.15) is 58.4 Å². The molecular formula is C28H28N2O4S. The van der Waals surface area contributed by atoms with Gasteiger partial charge >= 0.3 is 0 Å². The minimum absolute atomic E-state index is 0.151. The summed E-state index contributed by atoms with van der Waals surface area (Å²) >= 11 is 0. The molecule has 7 heteroatoms. The lowest BCUT2D eigenvalue weighted by Gasteiger charge is -2.16. The number of oxazole rings is 2. The van der Waals surface area contributed by atoms with E-state index in [1.165, 1.54) is 5.56 Å². The Balaban J connectivity index is 1.53. The van der Waals surface area contributed by atoms with E-state index in [1.54, 1.807) is 36.4 Å². The molecular weight excluding hydrogens is 460 g/mol. The van der Waals surface area contributed by atoms with E-state index in [0.29, 0.717) is 39.9 Å². The van der Waals surface area contributed by atoms with Crippen LogP contribution in [0.2, 0.25) is 0 Å². The summed E-state index contributed by atoms with van der Waals surface area (Å²) in [5, 5.41) is 0. The van der Waals surface area contributed by atoms with Crippen LogP contribution in [-0.2, 0) is 15.3 Å². The SMILES string of the molecule is CCC(C)(C)c1nc2cc(S(=O)(=O)c3ccc4oc(-c5cccc(C(C)C)c5)nc4c3)ccc2o1. The Morgan fingerprint density at radius 3 is 2.11 bits per heavy atom. The topological polar surface area (TPSA) is 86.2 Å². The van der Waals surface area contributed by atoms with Gasteiger partial charge in [0, 0.05) is 11.0 Å². The lowest BCUT2D eigenvalue weighted by molar-refractivity contribution is 0.374. The van der Waals surface area contributed by atoms with Gasteiger partial charge in [0.15, 0.2) is 11.2 Å². The summed E-state index contributed by atoms with van der Waals surface area (Å²) in [6.07, 6.45) is 0.854. The zero-order valence-electron chi connectivity index (χ0n) is 20.5. The molecule has 35 heavy (non-hydrogen) atoms. The van der Waals surface area contributed by atoms with E-state index in [9.17, 15) is 8.42 Å². The van der Waals surface area contributed by atoms with Crippen LogP contribution in [0.3, 0.4) is 0 Å². The first-order valence-electron chi connectivity index (χ1n) is 11.8. The smallest absolute Gasteiger partial charge is 0.227 e. The summed E-state index contributed by atoms with van der Waals surface area (Å²) in [6, 6.07) is 17.6. The van der Waals surface area contributed by atoms with Crippen LogP contribution in [0, 0.1) is 0 Å². The predicted octanol–water partition coefficient (Wildman–Crippen LogP) is 7.28. The van der Waals surface area contributed by atoms with Crippen LogP contribution in [0.15, 0.2) is 79.3 Å². The molecule has 5 rings (SSSR count).